The fourth-order valence-electron chi connectivity index (χ4n) is 3.29. The van der Waals surface area contributed by atoms with Gasteiger partial charge in [-0.05, 0) is 67.2 Å². The number of rotatable bonds is 3. The Balaban J connectivity index is 1.94. The summed E-state index contributed by atoms with van der Waals surface area (Å²) in [5, 5.41) is 11.5. The van der Waals surface area contributed by atoms with Gasteiger partial charge in [0.15, 0.2) is 5.17 Å². The number of thioether (sulfide) groups is 1. The molecule has 2 N–H and O–H groups in total. The van der Waals surface area contributed by atoms with E-state index in [1.54, 1.807) is 48.1 Å². The van der Waals surface area contributed by atoms with E-state index in [1.165, 1.54) is 0 Å². The van der Waals surface area contributed by atoms with Crippen molar-refractivity contribution in [1.29, 1.82) is 5.41 Å². The predicted molar refractivity (Wildman–Crippen MR) is 116 cm³/mol. The van der Waals surface area contributed by atoms with Crippen LogP contribution in [0.15, 0.2) is 47.4 Å². The van der Waals surface area contributed by atoms with Gasteiger partial charge in [0.25, 0.3) is 11.8 Å². The van der Waals surface area contributed by atoms with E-state index in [4.69, 9.17) is 21.7 Å². The fraction of sp³-hybridized carbons (Fsp3) is 0.0952. The quantitative estimate of drug-likeness (QED) is 0.607. The number of ether oxygens (including phenoxy) is 1. The van der Waals surface area contributed by atoms with Crippen LogP contribution >= 0.6 is 23.4 Å². The van der Waals surface area contributed by atoms with Crippen molar-refractivity contribution in [3.63, 3.8) is 0 Å². The van der Waals surface area contributed by atoms with Gasteiger partial charge in [0, 0.05) is 27.2 Å². The molecule has 0 atom stereocenters. The van der Waals surface area contributed by atoms with Crippen molar-refractivity contribution in [2.75, 3.05) is 7.11 Å². The minimum Gasteiger partial charge on any atom is -0.497 e. The second-order valence-corrected chi connectivity index (χ2v) is 7.91. The molecule has 0 spiro atoms. The smallest absolute Gasteiger partial charge is 0.264 e. The summed E-state index contributed by atoms with van der Waals surface area (Å²) in [6, 6.07) is 12.2. The van der Waals surface area contributed by atoms with Crippen LogP contribution in [0.5, 0.6) is 5.75 Å². The zero-order valence-corrected chi connectivity index (χ0v) is 17.1. The van der Waals surface area contributed by atoms with Crippen LogP contribution in [0.3, 0.4) is 0 Å². The first-order valence-corrected chi connectivity index (χ1v) is 9.87. The van der Waals surface area contributed by atoms with Gasteiger partial charge in [0.2, 0.25) is 0 Å². The van der Waals surface area contributed by atoms with Crippen LogP contribution in [0.1, 0.15) is 21.6 Å². The van der Waals surface area contributed by atoms with Gasteiger partial charge in [-0.2, -0.15) is 0 Å². The van der Waals surface area contributed by atoms with Crippen LogP contribution in [0.25, 0.3) is 17.0 Å². The highest BCUT2D eigenvalue weighted by Crippen LogP contribution is 2.34. The number of methoxy groups -OCH3 is 1. The fourth-order valence-corrected chi connectivity index (χ4v) is 4.10. The third-order valence-electron chi connectivity index (χ3n) is 4.69. The van der Waals surface area contributed by atoms with Gasteiger partial charge < -0.3 is 10.1 Å². The van der Waals surface area contributed by atoms with E-state index in [2.05, 4.69) is 5.32 Å². The lowest BCUT2D eigenvalue weighted by Crippen LogP contribution is -2.18. The number of fused-ring (bicyclic) bond motifs is 1. The first kappa shape index (κ1) is 19.3. The molecule has 2 aromatic carbocycles. The Labute approximate surface area is 176 Å². The lowest BCUT2D eigenvalue weighted by Gasteiger charge is -2.08. The molecule has 3 aromatic rings. The molecule has 1 saturated heterocycles. The molecule has 0 aliphatic carbocycles. The number of hydrogen-bond acceptors (Lipinski definition) is 5. The molecule has 8 heteroatoms. The SMILES string of the molecule is COc1ccc2c(c1)c(/C=C1/SC(=N)NC1=O)c(C)n2C(=O)c1ccc(Cl)cc1. The molecule has 2 heterocycles. The molecule has 0 bridgehead atoms. The van der Waals surface area contributed by atoms with Crippen LogP contribution in [-0.2, 0) is 4.79 Å². The van der Waals surface area contributed by atoms with Gasteiger partial charge in [-0.15, -0.1) is 0 Å². The average Bonchev–Trinajstić information content (AvgIpc) is 3.17. The zero-order valence-electron chi connectivity index (χ0n) is 15.6. The molecule has 1 aliphatic rings. The van der Waals surface area contributed by atoms with E-state index in [1.807, 2.05) is 19.1 Å². The number of benzene rings is 2. The van der Waals surface area contributed by atoms with Crippen molar-refractivity contribution >= 4 is 57.3 Å². The largest absolute Gasteiger partial charge is 0.497 e. The molecule has 0 saturated carbocycles. The van der Waals surface area contributed by atoms with Crippen molar-refractivity contribution in [3.05, 3.63) is 69.2 Å². The second kappa shape index (κ2) is 7.42. The number of aromatic nitrogens is 1. The standard InChI is InChI=1S/C21H16ClN3O3S/c1-11-15(10-18-19(26)24-21(23)29-18)16-9-14(28-2)7-8-17(16)25(11)20(27)12-3-5-13(22)6-4-12/h3-10H,1-2H3,(H2,23,24,26)/b18-10+. The minimum absolute atomic E-state index is 0.0810. The van der Waals surface area contributed by atoms with Crippen LogP contribution in [0.4, 0.5) is 0 Å². The summed E-state index contributed by atoms with van der Waals surface area (Å²) >= 11 is 7.00. The third-order valence-corrected chi connectivity index (χ3v) is 5.77. The van der Waals surface area contributed by atoms with Crippen LogP contribution in [-0.4, -0.2) is 28.7 Å². The summed E-state index contributed by atoms with van der Waals surface area (Å²) in [5.74, 6) is 0.118. The van der Waals surface area contributed by atoms with Crippen molar-refractivity contribution in [3.8, 4) is 5.75 Å². The monoisotopic (exact) mass is 425 g/mol. The molecule has 0 radical (unpaired) electrons. The number of amides is 1. The van der Waals surface area contributed by atoms with Crippen molar-refractivity contribution < 1.29 is 14.3 Å². The van der Waals surface area contributed by atoms with E-state index in [-0.39, 0.29) is 17.0 Å². The number of amidine groups is 1. The maximum absolute atomic E-state index is 13.3. The topological polar surface area (TPSA) is 84.2 Å². The summed E-state index contributed by atoms with van der Waals surface area (Å²) in [7, 11) is 1.57. The summed E-state index contributed by atoms with van der Waals surface area (Å²) in [6.45, 7) is 1.83. The molecule has 4 rings (SSSR count). The maximum atomic E-state index is 13.3. The van der Waals surface area contributed by atoms with E-state index in [0.29, 0.717) is 32.5 Å². The Kier molecular flexibility index (Phi) is 4.94. The van der Waals surface area contributed by atoms with Crippen molar-refractivity contribution in [2.45, 2.75) is 6.92 Å². The lowest BCUT2D eigenvalue weighted by molar-refractivity contribution is -0.115. The molecule has 29 heavy (non-hydrogen) atoms. The number of hydrogen-bond donors (Lipinski definition) is 2. The molecule has 1 aliphatic heterocycles. The Hall–Kier alpha value is -3.03. The normalized spacial score (nSPS) is 15.2. The third kappa shape index (κ3) is 3.43. The van der Waals surface area contributed by atoms with Gasteiger partial charge in [-0.25, -0.2) is 0 Å². The highest BCUT2D eigenvalue weighted by Gasteiger charge is 2.25. The average molecular weight is 426 g/mol. The van der Waals surface area contributed by atoms with Gasteiger partial charge in [0.05, 0.1) is 17.5 Å². The van der Waals surface area contributed by atoms with Gasteiger partial charge >= 0.3 is 0 Å². The first-order valence-electron chi connectivity index (χ1n) is 8.68. The van der Waals surface area contributed by atoms with Crippen LogP contribution in [0.2, 0.25) is 5.02 Å². The van der Waals surface area contributed by atoms with E-state index < -0.39 is 0 Å². The number of carbonyl (C=O) groups excluding carboxylic acids is 2. The van der Waals surface area contributed by atoms with Crippen LogP contribution < -0.4 is 10.1 Å². The van der Waals surface area contributed by atoms with Crippen molar-refractivity contribution in [2.24, 2.45) is 0 Å². The van der Waals surface area contributed by atoms with E-state index >= 15 is 0 Å². The van der Waals surface area contributed by atoms with Crippen LogP contribution in [0, 0.1) is 12.3 Å². The summed E-state index contributed by atoms with van der Waals surface area (Å²) in [4.78, 5) is 25.8. The molecule has 6 nitrogen and oxygen atoms in total. The Bertz CT molecular complexity index is 1210. The van der Waals surface area contributed by atoms with E-state index in [0.717, 1.165) is 22.7 Å². The maximum Gasteiger partial charge on any atom is 0.264 e. The zero-order chi connectivity index (χ0) is 20.7. The number of carbonyl (C=O) groups is 2. The molecule has 146 valence electrons. The van der Waals surface area contributed by atoms with Crippen molar-refractivity contribution in [1.82, 2.24) is 9.88 Å². The Morgan fingerprint density at radius 3 is 2.59 bits per heavy atom. The first-order chi connectivity index (χ1) is 13.9. The van der Waals surface area contributed by atoms with Gasteiger partial charge in [-0.1, -0.05) is 11.6 Å². The summed E-state index contributed by atoms with van der Waals surface area (Å²) in [6.07, 6.45) is 1.71. The highest BCUT2D eigenvalue weighted by atomic mass is 35.5. The number of halogens is 1. The predicted octanol–water partition coefficient (Wildman–Crippen LogP) is 4.44. The summed E-state index contributed by atoms with van der Waals surface area (Å²) < 4.78 is 6.96. The number of nitrogens with zero attached hydrogens (tertiary/aromatic N) is 1. The molecule has 0 unspecified atom stereocenters. The van der Waals surface area contributed by atoms with Gasteiger partial charge in [-0.3, -0.25) is 19.6 Å². The molecule has 1 amide bonds. The molecule has 1 aromatic heterocycles. The summed E-state index contributed by atoms with van der Waals surface area (Å²) in [5.41, 5.74) is 2.62. The molecular weight excluding hydrogens is 410 g/mol. The minimum atomic E-state index is -0.327. The lowest BCUT2D eigenvalue weighted by atomic mass is 10.1. The second-order valence-electron chi connectivity index (χ2n) is 6.42. The Morgan fingerprint density at radius 2 is 1.97 bits per heavy atom. The molecular formula is C21H16ClN3O3S. The molecule has 1 fully saturated rings. The number of nitrogens with one attached hydrogen (secondary N) is 2. The van der Waals surface area contributed by atoms with Gasteiger partial charge in [0.1, 0.15) is 5.75 Å². The highest BCUT2D eigenvalue weighted by molar-refractivity contribution is 8.18. The van der Waals surface area contributed by atoms with E-state index in [9.17, 15) is 9.59 Å². The Morgan fingerprint density at radius 1 is 1.24 bits per heavy atom.